The van der Waals surface area contributed by atoms with E-state index in [1.807, 2.05) is 6.92 Å². The highest BCUT2D eigenvalue weighted by atomic mass is 79.9. The Bertz CT molecular complexity index is 607. The van der Waals surface area contributed by atoms with Gasteiger partial charge in [0.15, 0.2) is 0 Å². The highest BCUT2D eigenvalue weighted by Crippen LogP contribution is 2.31. The van der Waals surface area contributed by atoms with Gasteiger partial charge in [0.1, 0.15) is 0 Å². The number of hydrogen-bond donors (Lipinski definition) is 2. The summed E-state index contributed by atoms with van der Waals surface area (Å²) in [6.07, 6.45) is 3.18. The summed E-state index contributed by atoms with van der Waals surface area (Å²) in [7, 11) is -3.58. The van der Waals surface area contributed by atoms with Crippen LogP contribution in [0, 0.1) is 12.8 Å². The van der Waals surface area contributed by atoms with Crippen molar-refractivity contribution in [3.05, 3.63) is 28.2 Å². The summed E-state index contributed by atoms with van der Waals surface area (Å²) in [6.45, 7) is 4.09. The largest absolute Gasteiger partial charge is 0.389 e. The van der Waals surface area contributed by atoms with E-state index in [-0.39, 0.29) is 11.4 Å². The summed E-state index contributed by atoms with van der Waals surface area (Å²) in [5.74, 6) is 0.607. The van der Waals surface area contributed by atoms with Gasteiger partial charge in [0.25, 0.3) is 0 Å². The molecule has 6 heteroatoms. The first-order valence-corrected chi connectivity index (χ1v) is 9.48. The lowest BCUT2D eigenvalue weighted by Gasteiger charge is -2.34. The molecule has 0 radical (unpaired) electrons. The van der Waals surface area contributed by atoms with Crippen molar-refractivity contribution in [2.45, 2.75) is 50.0 Å². The number of benzene rings is 1. The number of nitrogens with one attached hydrogen (secondary N) is 1. The second kappa shape index (κ2) is 6.36. The summed E-state index contributed by atoms with van der Waals surface area (Å²) in [4.78, 5) is 0.232. The van der Waals surface area contributed by atoms with Crippen LogP contribution in [0.4, 0.5) is 0 Å². The Hall–Kier alpha value is -0.430. The molecule has 1 aliphatic carbocycles. The average molecular weight is 376 g/mol. The molecule has 0 amide bonds. The maximum absolute atomic E-state index is 12.3. The summed E-state index contributed by atoms with van der Waals surface area (Å²) in [5, 5.41) is 10.5. The molecule has 0 heterocycles. The van der Waals surface area contributed by atoms with Crippen LogP contribution >= 0.6 is 15.9 Å². The molecule has 1 fully saturated rings. The molecular formula is C15H22BrNO3S. The van der Waals surface area contributed by atoms with Gasteiger partial charge in [-0.3, -0.25) is 0 Å². The van der Waals surface area contributed by atoms with Gasteiger partial charge in [0.2, 0.25) is 10.0 Å². The number of rotatable bonds is 4. The monoisotopic (exact) mass is 375 g/mol. The van der Waals surface area contributed by atoms with E-state index < -0.39 is 15.6 Å². The standard InChI is InChI=1S/C15H22BrNO3S/c1-11-5-7-15(18,8-6-11)10-17-21(19,20)13-3-4-14(16)12(2)9-13/h3-4,9,11,17-18H,5-8,10H2,1-2H3. The molecule has 1 saturated carbocycles. The van der Waals surface area contributed by atoms with Gasteiger partial charge in [0.05, 0.1) is 10.5 Å². The zero-order chi connectivity index (χ0) is 15.7. The third-order valence-corrected chi connectivity index (χ3v) is 6.52. The number of halogens is 1. The zero-order valence-electron chi connectivity index (χ0n) is 12.4. The predicted octanol–water partition coefficient (Wildman–Crippen LogP) is 2.98. The molecule has 0 aromatic heterocycles. The first-order valence-electron chi connectivity index (χ1n) is 7.20. The lowest BCUT2D eigenvalue weighted by atomic mass is 9.80. The Morgan fingerprint density at radius 3 is 2.57 bits per heavy atom. The topological polar surface area (TPSA) is 66.4 Å². The van der Waals surface area contributed by atoms with Gasteiger partial charge in [-0.15, -0.1) is 0 Å². The van der Waals surface area contributed by atoms with E-state index in [0.29, 0.717) is 18.8 Å². The van der Waals surface area contributed by atoms with E-state index in [0.717, 1.165) is 22.9 Å². The Labute approximate surface area is 135 Å². The van der Waals surface area contributed by atoms with Gasteiger partial charge in [-0.25, -0.2) is 13.1 Å². The lowest BCUT2D eigenvalue weighted by Crippen LogP contribution is -2.45. The first-order chi connectivity index (χ1) is 9.72. The van der Waals surface area contributed by atoms with E-state index in [9.17, 15) is 13.5 Å². The van der Waals surface area contributed by atoms with Crippen molar-refractivity contribution in [2.75, 3.05) is 6.54 Å². The fraction of sp³-hybridized carbons (Fsp3) is 0.600. The van der Waals surface area contributed by atoms with Crippen LogP contribution in [0.2, 0.25) is 0 Å². The Morgan fingerprint density at radius 1 is 1.38 bits per heavy atom. The smallest absolute Gasteiger partial charge is 0.240 e. The molecule has 1 aromatic rings. The van der Waals surface area contributed by atoms with Gasteiger partial charge >= 0.3 is 0 Å². The summed E-state index contributed by atoms with van der Waals surface area (Å²) in [5.41, 5.74) is -0.0487. The first kappa shape index (κ1) is 16.9. The third-order valence-electron chi connectivity index (χ3n) is 4.24. The van der Waals surface area contributed by atoms with Gasteiger partial charge < -0.3 is 5.11 Å². The van der Waals surface area contributed by atoms with E-state index in [2.05, 4.69) is 27.6 Å². The Morgan fingerprint density at radius 2 is 2.00 bits per heavy atom. The minimum atomic E-state index is -3.58. The van der Waals surface area contributed by atoms with E-state index in [1.165, 1.54) is 0 Å². The Balaban J connectivity index is 2.06. The molecule has 0 unspecified atom stereocenters. The van der Waals surface area contributed by atoms with Crippen LogP contribution in [0.5, 0.6) is 0 Å². The molecule has 2 rings (SSSR count). The van der Waals surface area contributed by atoms with Crippen molar-refractivity contribution in [3.63, 3.8) is 0 Å². The van der Waals surface area contributed by atoms with Crippen LogP contribution < -0.4 is 4.72 Å². The quantitative estimate of drug-likeness (QED) is 0.849. The normalized spacial score (nSPS) is 26.8. The van der Waals surface area contributed by atoms with Crippen molar-refractivity contribution in [3.8, 4) is 0 Å². The highest BCUT2D eigenvalue weighted by molar-refractivity contribution is 9.10. The number of aliphatic hydroxyl groups is 1. The van der Waals surface area contributed by atoms with Crippen molar-refractivity contribution < 1.29 is 13.5 Å². The third kappa shape index (κ3) is 4.28. The minimum Gasteiger partial charge on any atom is -0.389 e. The number of aryl methyl sites for hydroxylation is 1. The SMILES string of the molecule is Cc1cc(S(=O)(=O)NCC2(O)CCC(C)CC2)ccc1Br. The number of hydrogen-bond acceptors (Lipinski definition) is 3. The van der Waals surface area contributed by atoms with Crippen LogP contribution in [0.3, 0.4) is 0 Å². The summed E-state index contributed by atoms with van der Waals surface area (Å²) in [6, 6.07) is 4.91. The fourth-order valence-corrected chi connectivity index (χ4v) is 4.02. The van der Waals surface area contributed by atoms with Gasteiger partial charge in [-0.1, -0.05) is 22.9 Å². The second-order valence-corrected chi connectivity index (χ2v) is 8.76. The molecule has 0 atom stereocenters. The predicted molar refractivity (Wildman–Crippen MR) is 86.6 cm³/mol. The fourth-order valence-electron chi connectivity index (χ4n) is 2.57. The molecule has 0 spiro atoms. The van der Waals surface area contributed by atoms with E-state index in [1.54, 1.807) is 18.2 Å². The molecule has 2 N–H and O–H groups in total. The zero-order valence-corrected chi connectivity index (χ0v) is 14.8. The Kier molecular flexibility index (Phi) is 5.13. The molecule has 118 valence electrons. The van der Waals surface area contributed by atoms with Crippen molar-refractivity contribution in [1.29, 1.82) is 0 Å². The lowest BCUT2D eigenvalue weighted by molar-refractivity contribution is -0.00182. The molecule has 0 bridgehead atoms. The van der Waals surface area contributed by atoms with Crippen LogP contribution in [0.1, 0.15) is 38.2 Å². The summed E-state index contributed by atoms with van der Waals surface area (Å²) < 4.78 is 28.0. The van der Waals surface area contributed by atoms with Gasteiger partial charge in [-0.2, -0.15) is 0 Å². The second-order valence-electron chi connectivity index (χ2n) is 6.14. The van der Waals surface area contributed by atoms with E-state index in [4.69, 9.17) is 0 Å². The van der Waals surface area contributed by atoms with Crippen LogP contribution in [-0.2, 0) is 10.0 Å². The summed E-state index contributed by atoms with van der Waals surface area (Å²) >= 11 is 3.36. The maximum Gasteiger partial charge on any atom is 0.240 e. The number of sulfonamides is 1. The molecular weight excluding hydrogens is 354 g/mol. The molecule has 0 saturated heterocycles. The maximum atomic E-state index is 12.3. The average Bonchev–Trinajstić information content (AvgIpc) is 2.43. The molecule has 1 aromatic carbocycles. The van der Waals surface area contributed by atoms with Crippen LogP contribution in [0.15, 0.2) is 27.6 Å². The van der Waals surface area contributed by atoms with Gasteiger partial charge in [0, 0.05) is 11.0 Å². The van der Waals surface area contributed by atoms with E-state index >= 15 is 0 Å². The van der Waals surface area contributed by atoms with Gasteiger partial charge in [-0.05, 0) is 62.3 Å². The van der Waals surface area contributed by atoms with Crippen LogP contribution in [0.25, 0.3) is 0 Å². The molecule has 21 heavy (non-hydrogen) atoms. The minimum absolute atomic E-state index is 0.0805. The molecule has 4 nitrogen and oxygen atoms in total. The van der Waals surface area contributed by atoms with Crippen molar-refractivity contribution in [1.82, 2.24) is 4.72 Å². The highest BCUT2D eigenvalue weighted by Gasteiger charge is 2.33. The van der Waals surface area contributed by atoms with Crippen molar-refractivity contribution in [2.24, 2.45) is 5.92 Å². The van der Waals surface area contributed by atoms with Crippen molar-refractivity contribution >= 4 is 26.0 Å². The molecule has 1 aliphatic rings. The molecule has 0 aliphatic heterocycles. The van der Waals surface area contributed by atoms with Crippen LogP contribution in [-0.4, -0.2) is 25.7 Å².